The van der Waals surface area contributed by atoms with Gasteiger partial charge in [0.25, 0.3) is 15.7 Å². The number of thiophene rings is 1. The topological polar surface area (TPSA) is 132 Å². The number of amides is 1. The highest BCUT2D eigenvalue weighted by atomic mass is 32.2. The van der Waals surface area contributed by atoms with Crippen LogP contribution in [0.25, 0.3) is 10.9 Å². The lowest BCUT2D eigenvalue weighted by molar-refractivity contribution is -0.384. The average Bonchev–Trinajstić information content (AvgIpc) is 3.46. The molecule has 1 saturated heterocycles. The summed E-state index contributed by atoms with van der Waals surface area (Å²) in [7, 11) is -2.55. The fourth-order valence-corrected chi connectivity index (χ4v) is 6.39. The number of esters is 1. The molecule has 13 heteroatoms. The van der Waals surface area contributed by atoms with E-state index in [1.54, 1.807) is 27.8 Å². The molecule has 0 atom stereocenters. The van der Waals surface area contributed by atoms with Crippen molar-refractivity contribution in [3.8, 4) is 0 Å². The van der Waals surface area contributed by atoms with E-state index in [2.05, 4.69) is 4.74 Å². The zero-order chi connectivity index (χ0) is 23.8. The molecule has 1 fully saturated rings. The molecular formula is C20H20N4O7S2. The monoisotopic (exact) mass is 492 g/mol. The summed E-state index contributed by atoms with van der Waals surface area (Å²) in [5, 5.41) is 13.0. The molecular weight excluding hydrogens is 472 g/mol. The van der Waals surface area contributed by atoms with Crippen molar-refractivity contribution >= 4 is 49.8 Å². The Labute approximate surface area is 193 Å². The van der Waals surface area contributed by atoms with Crippen LogP contribution in [0.2, 0.25) is 0 Å². The van der Waals surface area contributed by atoms with Crippen LogP contribution in [0.15, 0.2) is 46.1 Å². The number of rotatable bonds is 6. The first-order valence-electron chi connectivity index (χ1n) is 9.89. The number of nitro groups is 1. The molecule has 0 unspecified atom stereocenters. The van der Waals surface area contributed by atoms with Gasteiger partial charge in [-0.05, 0) is 18.2 Å². The molecule has 3 aromatic rings. The molecule has 3 heterocycles. The van der Waals surface area contributed by atoms with E-state index in [1.807, 2.05) is 0 Å². The molecule has 1 aliphatic heterocycles. The number of piperazine rings is 1. The van der Waals surface area contributed by atoms with Gasteiger partial charge in [-0.15, -0.1) is 11.3 Å². The molecule has 11 nitrogen and oxygen atoms in total. The predicted octanol–water partition coefficient (Wildman–Crippen LogP) is 1.93. The van der Waals surface area contributed by atoms with E-state index < -0.39 is 20.9 Å². The third-order valence-electron chi connectivity index (χ3n) is 5.45. The van der Waals surface area contributed by atoms with Crippen molar-refractivity contribution in [1.29, 1.82) is 0 Å². The summed E-state index contributed by atoms with van der Waals surface area (Å²) in [5.41, 5.74) is 0.863. The summed E-state index contributed by atoms with van der Waals surface area (Å²) in [4.78, 5) is 36.5. The second kappa shape index (κ2) is 8.92. The van der Waals surface area contributed by atoms with Crippen molar-refractivity contribution < 1.29 is 27.7 Å². The SMILES string of the molecule is COC(=O)c1csc(S(=O)(=O)N2CCN(C(=O)Cn3ccc4cc([N+](=O)[O-])ccc43)CC2)c1. The maximum atomic E-state index is 12.9. The minimum atomic E-state index is -3.78. The molecule has 0 bridgehead atoms. The number of benzene rings is 1. The second-order valence-corrected chi connectivity index (χ2v) is 10.5. The number of fused-ring (bicyclic) bond motifs is 1. The molecule has 0 N–H and O–H groups in total. The van der Waals surface area contributed by atoms with Crippen molar-refractivity contribution in [2.75, 3.05) is 33.3 Å². The van der Waals surface area contributed by atoms with E-state index in [9.17, 15) is 28.1 Å². The zero-order valence-corrected chi connectivity index (χ0v) is 19.2. The Bertz CT molecular complexity index is 1340. The number of non-ortho nitro benzene ring substituents is 1. The van der Waals surface area contributed by atoms with Crippen LogP contribution in [0, 0.1) is 10.1 Å². The van der Waals surface area contributed by atoms with Crippen LogP contribution in [0.1, 0.15) is 10.4 Å². The summed E-state index contributed by atoms with van der Waals surface area (Å²) in [6.07, 6.45) is 1.70. The quantitative estimate of drug-likeness (QED) is 0.292. The van der Waals surface area contributed by atoms with Crippen LogP contribution in [0.5, 0.6) is 0 Å². The van der Waals surface area contributed by atoms with Crippen LogP contribution in [-0.2, 0) is 26.1 Å². The summed E-state index contributed by atoms with van der Waals surface area (Å²) >= 11 is 0.951. The Morgan fingerprint density at radius 1 is 1.15 bits per heavy atom. The highest BCUT2D eigenvalue weighted by Gasteiger charge is 2.31. The Hall–Kier alpha value is -3.29. The van der Waals surface area contributed by atoms with Gasteiger partial charge in [0.05, 0.1) is 17.6 Å². The number of nitro benzene ring substituents is 1. The number of hydrogen-bond acceptors (Lipinski definition) is 8. The third kappa shape index (κ3) is 4.47. The molecule has 174 valence electrons. The molecule has 0 radical (unpaired) electrons. The number of methoxy groups -OCH3 is 1. The maximum absolute atomic E-state index is 12.9. The van der Waals surface area contributed by atoms with Gasteiger partial charge in [-0.2, -0.15) is 4.31 Å². The third-order valence-corrected chi connectivity index (χ3v) is 8.77. The highest BCUT2D eigenvalue weighted by Crippen LogP contribution is 2.26. The van der Waals surface area contributed by atoms with Crippen molar-refractivity contribution in [3.05, 3.63) is 57.6 Å². The maximum Gasteiger partial charge on any atom is 0.338 e. The van der Waals surface area contributed by atoms with Gasteiger partial charge < -0.3 is 14.2 Å². The second-order valence-electron chi connectivity index (χ2n) is 7.37. The van der Waals surface area contributed by atoms with Crippen molar-refractivity contribution in [3.63, 3.8) is 0 Å². The van der Waals surface area contributed by atoms with Crippen molar-refractivity contribution in [1.82, 2.24) is 13.8 Å². The number of carbonyl (C=O) groups is 2. The largest absolute Gasteiger partial charge is 0.465 e. The molecule has 0 spiro atoms. The van der Waals surface area contributed by atoms with E-state index in [4.69, 9.17) is 0 Å². The normalized spacial score (nSPS) is 15.0. The molecule has 0 saturated carbocycles. The smallest absolute Gasteiger partial charge is 0.338 e. The van der Waals surface area contributed by atoms with Crippen molar-refractivity contribution in [2.24, 2.45) is 0 Å². The first-order chi connectivity index (χ1) is 15.7. The van der Waals surface area contributed by atoms with E-state index >= 15 is 0 Å². The highest BCUT2D eigenvalue weighted by molar-refractivity contribution is 7.91. The van der Waals surface area contributed by atoms with Crippen molar-refractivity contribution in [2.45, 2.75) is 10.8 Å². The Morgan fingerprint density at radius 3 is 2.55 bits per heavy atom. The first-order valence-corrected chi connectivity index (χ1v) is 12.2. The van der Waals surface area contributed by atoms with Gasteiger partial charge in [0.1, 0.15) is 10.8 Å². The van der Waals surface area contributed by atoms with E-state index in [0.717, 1.165) is 11.3 Å². The van der Waals surface area contributed by atoms with Gasteiger partial charge in [-0.25, -0.2) is 13.2 Å². The summed E-state index contributed by atoms with van der Waals surface area (Å²) in [6.45, 7) is 0.785. The average molecular weight is 493 g/mol. The molecule has 1 aromatic carbocycles. The minimum absolute atomic E-state index is 0.0200. The molecule has 4 rings (SSSR count). The number of hydrogen-bond donors (Lipinski definition) is 0. The predicted molar refractivity (Wildman–Crippen MR) is 120 cm³/mol. The number of carbonyl (C=O) groups excluding carboxylic acids is 2. The standard InChI is InChI=1S/C20H20N4O7S2/c1-31-20(26)15-11-19(32-13-15)33(29,30)23-8-6-21(7-9-23)18(25)12-22-5-4-14-10-16(24(27)28)2-3-17(14)22/h2-5,10-11,13H,6-9,12H2,1H3. The molecule has 1 aliphatic rings. The first kappa shape index (κ1) is 22.9. The van der Waals surface area contributed by atoms with Gasteiger partial charge in [0, 0.05) is 60.8 Å². The van der Waals surface area contributed by atoms with Crippen LogP contribution in [-0.4, -0.2) is 72.3 Å². The van der Waals surface area contributed by atoms with Gasteiger partial charge in [-0.3, -0.25) is 14.9 Å². The fraction of sp³-hybridized carbons (Fsp3) is 0.300. The lowest BCUT2D eigenvalue weighted by atomic mass is 10.2. The Kier molecular flexibility index (Phi) is 6.19. The number of sulfonamides is 1. The summed E-state index contributed by atoms with van der Waals surface area (Å²) in [5.74, 6) is -0.776. The molecule has 33 heavy (non-hydrogen) atoms. The minimum Gasteiger partial charge on any atom is -0.465 e. The molecule has 1 amide bonds. The van der Waals surface area contributed by atoms with Crippen LogP contribution in [0.4, 0.5) is 5.69 Å². The zero-order valence-electron chi connectivity index (χ0n) is 17.5. The number of ether oxygens (including phenoxy) is 1. The van der Waals surface area contributed by atoms with Gasteiger partial charge in [0.15, 0.2) is 0 Å². The van der Waals surface area contributed by atoms with Crippen LogP contribution in [0.3, 0.4) is 0 Å². The van der Waals surface area contributed by atoms with Gasteiger partial charge >= 0.3 is 5.97 Å². The lowest BCUT2D eigenvalue weighted by Gasteiger charge is -2.33. The van der Waals surface area contributed by atoms with Gasteiger partial charge in [0.2, 0.25) is 5.91 Å². The Morgan fingerprint density at radius 2 is 1.88 bits per heavy atom. The summed E-state index contributed by atoms with van der Waals surface area (Å²) in [6, 6.07) is 7.46. The van der Waals surface area contributed by atoms with Gasteiger partial charge in [-0.1, -0.05) is 0 Å². The fourth-order valence-electron chi connectivity index (χ4n) is 3.67. The molecule has 2 aromatic heterocycles. The summed E-state index contributed by atoms with van der Waals surface area (Å²) < 4.78 is 33.5. The Balaban J connectivity index is 1.40. The number of aromatic nitrogens is 1. The lowest BCUT2D eigenvalue weighted by Crippen LogP contribution is -2.51. The van der Waals surface area contributed by atoms with E-state index in [-0.39, 0.29) is 54.1 Å². The van der Waals surface area contributed by atoms with Crippen LogP contribution < -0.4 is 0 Å². The van der Waals surface area contributed by atoms with E-state index in [1.165, 1.54) is 35.0 Å². The molecule has 0 aliphatic carbocycles. The number of nitrogens with zero attached hydrogens (tertiary/aromatic N) is 4. The van der Waals surface area contributed by atoms with E-state index in [0.29, 0.717) is 10.9 Å². The van der Waals surface area contributed by atoms with Crippen LogP contribution >= 0.6 is 11.3 Å².